The van der Waals surface area contributed by atoms with Gasteiger partial charge in [-0.05, 0) is 50.9 Å². The van der Waals surface area contributed by atoms with Gasteiger partial charge in [-0.25, -0.2) is 0 Å². The highest BCUT2D eigenvalue weighted by Crippen LogP contribution is 2.25. The predicted octanol–water partition coefficient (Wildman–Crippen LogP) is 2.04. The van der Waals surface area contributed by atoms with Crippen LogP contribution in [0.1, 0.15) is 29.6 Å². The second-order valence-corrected chi connectivity index (χ2v) is 6.70. The molecule has 0 aromatic heterocycles. The summed E-state index contributed by atoms with van der Waals surface area (Å²) in [5.41, 5.74) is 0.530. The van der Waals surface area contributed by atoms with Crippen LogP contribution in [0.3, 0.4) is 0 Å². The van der Waals surface area contributed by atoms with Gasteiger partial charge in [-0.2, -0.15) is 0 Å². The fourth-order valence-corrected chi connectivity index (χ4v) is 2.98. The van der Waals surface area contributed by atoms with Crippen LogP contribution in [0, 0.1) is 5.92 Å². The van der Waals surface area contributed by atoms with Gasteiger partial charge in [-0.3, -0.25) is 9.59 Å². The summed E-state index contributed by atoms with van der Waals surface area (Å²) in [5.74, 6) is 1.01. The molecule has 1 N–H and O–H groups in total. The Labute approximate surface area is 162 Å². The lowest BCUT2D eigenvalue weighted by molar-refractivity contribution is -0.130. The Kier molecular flexibility index (Phi) is 9.44. The molecule has 2 rings (SSSR count). The molecule has 1 heterocycles. The number of hydrogen-bond acceptors (Lipinski definition) is 4. The van der Waals surface area contributed by atoms with Crippen LogP contribution in [-0.4, -0.2) is 69.0 Å². The maximum atomic E-state index is 12.9. The molecule has 7 heteroatoms. The summed E-state index contributed by atoms with van der Waals surface area (Å²) in [5, 5.41) is 3.19. The van der Waals surface area contributed by atoms with Gasteiger partial charge in [0.15, 0.2) is 6.61 Å². The van der Waals surface area contributed by atoms with Crippen molar-refractivity contribution in [3.63, 3.8) is 0 Å². The number of rotatable bonds is 7. The number of likely N-dealkylation sites (N-methyl/N-ethyl adjacent to an activating group) is 1. The SMILES string of the molecule is CNCCC1CCN(C(=O)c2ccccc2OCC(=O)N(C)C)CC1.Cl. The second-order valence-electron chi connectivity index (χ2n) is 6.70. The molecule has 1 aliphatic rings. The summed E-state index contributed by atoms with van der Waals surface area (Å²) in [6.45, 7) is 2.51. The highest BCUT2D eigenvalue weighted by atomic mass is 35.5. The lowest BCUT2D eigenvalue weighted by Gasteiger charge is -2.32. The Morgan fingerprint density at radius 1 is 1.23 bits per heavy atom. The molecule has 0 atom stereocenters. The first-order valence-electron chi connectivity index (χ1n) is 8.88. The predicted molar refractivity (Wildman–Crippen MR) is 105 cm³/mol. The maximum absolute atomic E-state index is 12.9. The van der Waals surface area contributed by atoms with E-state index in [1.807, 2.05) is 24.1 Å². The molecule has 0 saturated carbocycles. The molecule has 1 aliphatic heterocycles. The first-order chi connectivity index (χ1) is 12.0. The molecule has 1 aromatic rings. The second kappa shape index (κ2) is 11.0. The number of para-hydroxylation sites is 1. The Bertz CT molecular complexity index is 587. The number of benzene rings is 1. The number of amides is 2. The smallest absolute Gasteiger partial charge is 0.259 e. The van der Waals surface area contributed by atoms with E-state index in [0.29, 0.717) is 17.2 Å². The van der Waals surface area contributed by atoms with E-state index in [1.165, 1.54) is 4.90 Å². The van der Waals surface area contributed by atoms with Crippen LogP contribution < -0.4 is 10.1 Å². The largest absolute Gasteiger partial charge is 0.483 e. The van der Waals surface area contributed by atoms with Crippen molar-refractivity contribution in [2.24, 2.45) is 5.92 Å². The van der Waals surface area contributed by atoms with Crippen LogP contribution in [0.25, 0.3) is 0 Å². The minimum Gasteiger partial charge on any atom is -0.483 e. The van der Waals surface area contributed by atoms with E-state index < -0.39 is 0 Å². The fourth-order valence-electron chi connectivity index (χ4n) is 2.98. The lowest BCUT2D eigenvalue weighted by atomic mass is 9.93. The topological polar surface area (TPSA) is 61.9 Å². The molecule has 6 nitrogen and oxygen atoms in total. The summed E-state index contributed by atoms with van der Waals surface area (Å²) in [7, 11) is 5.33. The molecule has 1 aromatic carbocycles. The van der Waals surface area contributed by atoms with Crippen molar-refractivity contribution in [2.45, 2.75) is 19.3 Å². The molecule has 0 spiro atoms. The van der Waals surface area contributed by atoms with Gasteiger partial charge in [0.25, 0.3) is 11.8 Å². The van der Waals surface area contributed by atoms with Crippen LogP contribution >= 0.6 is 12.4 Å². The van der Waals surface area contributed by atoms with Gasteiger partial charge in [0.2, 0.25) is 0 Å². The summed E-state index contributed by atoms with van der Waals surface area (Å²) < 4.78 is 5.60. The summed E-state index contributed by atoms with van der Waals surface area (Å²) in [4.78, 5) is 27.9. The molecule has 2 amide bonds. The highest BCUT2D eigenvalue weighted by molar-refractivity contribution is 5.97. The first kappa shape index (κ1) is 22.3. The van der Waals surface area contributed by atoms with Gasteiger partial charge in [0.1, 0.15) is 5.75 Å². The van der Waals surface area contributed by atoms with E-state index in [4.69, 9.17) is 4.74 Å². The first-order valence-corrected chi connectivity index (χ1v) is 8.88. The van der Waals surface area contributed by atoms with Crippen molar-refractivity contribution < 1.29 is 14.3 Å². The van der Waals surface area contributed by atoms with Crippen molar-refractivity contribution in [3.05, 3.63) is 29.8 Å². The number of hydrogen-bond donors (Lipinski definition) is 1. The van der Waals surface area contributed by atoms with Crippen LogP contribution in [0.4, 0.5) is 0 Å². The Balaban J connectivity index is 0.00000338. The summed E-state index contributed by atoms with van der Waals surface area (Å²) >= 11 is 0. The number of nitrogens with one attached hydrogen (secondary N) is 1. The van der Waals surface area contributed by atoms with Gasteiger partial charge in [-0.15, -0.1) is 12.4 Å². The molecular formula is C19H30ClN3O3. The maximum Gasteiger partial charge on any atom is 0.259 e. The van der Waals surface area contributed by atoms with Crippen molar-refractivity contribution in [2.75, 3.05) is 47.4 Å². The van der Waals surface area contributed by atoms with Crippen molar-refractivity contribution in [3.8, 4) is 5.75 Å². The normalized spacial score (nSPS) is 14.5. The van der Waals surface area contributed by atoms with E-state index >= 15 is 0 Å². The summed E-state index contributed by atoms with van der Waals surface area (Å²) in [6, 6.07) is 7.16. The molecule has 1 saturated heterocycles. The molecule has 0 aliphatic carbocycles. The number of carbonyl (C=O) groups is 2. The van der Waals surface area contributed by atoms with Crippen molar-refractivity contribution >= 4 is 24.2 Å². The van der Waals surface area contributed by atoms with E-state index in [9.17, 15) is 9.59 Å². The van der Waals surface area contributed by atoms with E-state index in [-0.39, 0.29) is 30.8 Å². The van der Waals surface area contributed by atoms with E-state index in [1.54, 1.807) is 26.2 Å². The van der Waals surface area contributed by atoms with Crippen molar-refractivity contribution in [1.29, 1.82) is 0 Å². The monoisotopic (exact) mass is 383 g/mol. The van der Waals surface area contributed by atoms with E-state index in [0.717, 1.165) is 38.9 Å². The number of halogens is 1. The molecule has 26 heavy (non-hydrogen) atoms. The standard InChI is InChI=1S/C19H29N3O3.ClH/c1-20-11-8-15-9-12-22(13-10-15)19(24)16-6-4-5-7-17(16)25-14-18(23)21(2)3;/h4-7,15,20H,8-14H2,1-3H3;1H. The van der Waals surface area contributed by atoms with Gasteiger partial charge in [0, 0.05) is 27.2 Å². The van der Waals surface area contributed by atoms with Gasteiger partial charge in [0.05, 0.1) is 5.56 Å². The number of ether oxygens (including phenoxy) is 1. The lowest BCUT2D eigenvalue weighted by Crippen LogP contribution is -2.39. The fraction of sp³-hybridized carbons (Fsp3) is 0.579. The van der Waals surface area contributed by atoms with Gasteiger partial charge in [-0.1, -0.05) is 12.1 Å². The third-order valence-corrected chi connectivity index (χ3v) is 4.67. The zero-order valence-electron chi connectivity index (χ0n) is 15.9. The van der Waals surface area contributed by atoms with Crippen LogP contribution in [0.5, 0.6) is 5.75 Å². The third kappa shape index (κ3) is 6.18. The zero-order chi connectivity index (χ0) is 18.2. The zero-order valence-corrected chi connectivity index (χ0v) is 16.7. The summed E-state index contributed by atoms with van der Waals surface area (Å²) in [6.07, 6.45) is 3.23. The minimum absolute atomic E-state index is 0. The molecular weight excluding hydrogens is 354 g/mol. The molecule has 1 fully saturated rings. The van der Waals surface area contributed by atoms with Crippen molar-refractivity contribution in [1.82, 2.24) is 15.1 Å². The molecule has 0 radical (unpaired) electrons. The van der Waals surface area contributed by atoms with Gasteiger partial charge >= 0.3 is 0 Å². The Morgan fingerprint density at radius 2 is 1.88 bits per heavy atom. The van der Waals surface area contributed by atoms with Gasteiger partial charge < -0.3 is 19.9 Å². The van der Waals surface area contributed by atoms with Crippen LogP contribution in [0.2, 0.25) is 0 Å². The quantitative estimate of drug-likeness (QED) is 0.782. The average molecular weight is 384 g/mol. The Hall–Kier alpha value is -1.79. The van der Waals surface area contributed by atoms with Crippen LogP contribution in [0.15, 0.2) is 24.3 Å². The number of piperidine rings is 1. The molecule has 146 valence electrons. The molecule has 0 bridgehead atoms. The Morgan fingerprint density at radius 3 is 2.50 bits per heavy atom. The number of nitrogens with zero attached hydrogens (tertiary/aromatic N) is 2. The average Bonchev–Trinajstić information content (AvgIpc) is 2.64. The minimum atomic E-state index is -0.132. The molecule has 0 unspecified atom stereocenters. The third-order valence-electron chi connectivity index (χ3n) is 4.67. The van der Waals surface area contributed by atoms with Crippen LogP contribution in [-0.2, 0) is 4.79 Å². The number of likely N-dealkylation sites (tertiary alicyclic amines) is 1. The van der Waals surface area contributed by atoms with E-state index in [2.05, 4.69) is 5.32 Å². The number of carbonyl (C=O) groups excluding carboxylic acids is 2. The highest BCUT2D eigenvalue weighted by Gasteiger charge is 2.25.